The van der Waals surface area contributed by atoms with Gasteiger partial charge in [-0.25, -0.2) is 4.98 Å². The quantitative estimate of drug-likeness (QED) is 0.887. The summed E-state index contributed by atoms with van der Waals surface area (Å²) >= 11 is 0. The van der Waals surface area contributed by atoms with Crippen LogP contribution in [0.25, 0.3) is 11.3 Å². The van der Waals surface area contributed by atoms with Crippen molar-refractivity contribution in [3.05, 3.63) is 42.4 Å². The zero-order chi connectivity index (χ0) is 15.3. The van der Waals surface area contributed by atoms with Crippen molar-refractivity contribution in [2.45, 2.75) is 37.3 Å². The number of amides is 1. The molecule has 1 aliphatic heterocycles. The van der Waals surface area contributed by atoms with Gasteiger partial charge in [-0.2, -0.15) is 0 Å². The molecule has 2 aliphatic rings. The van der Waals surface area contributed by atoms with E-state index in [1.165, 1.54) is 0 Å². The zero-order valence-corrected chi connectivity index (χ0v) is 12.3. The normalized spacial score (nSPS) is 29.9. The molecule has 1 saturated carbocycles. The summed E-state index contributed by atoms with van der Waals surface area (Å²) < 4.78 is 2.06. The third-order valence-corrected chi connectivity index (χ3v) is 5.24. The lowest BCUT2D eigenvalue weighted by Gasteiger charge is -2.40. The Morgan fingerprint density at radius 2 is 2.05 bits per heavy atom. The molecule has 1 aromatic heterocycles. The number of hydrogen-bond donors (Lipinski definition) is 2. The van der Waals surface area contributed by atoms with Crippen molar-refractivity contribution in [2.75, 3.05) is 0 Å². The lowest BCUT2D eigenvalue weighted by atomic mass is 9.73. The Kier molecular flexibility index (Phi) is 2.87. The molecule has 1 unspecified atom stereocenters. The van der Waals surface area contributed by atoms with Gasteiger partial charge < -0.3 is 15.4 Å². The van der Waals surface area contributed by atoms with E-state index in [4.69, 9.17) is 5.73 Å². The lowest BCUT2D eigenvalue weighted by molar-refractivity contribution is -0.125. The van der Waals surface area contributed by atoms with E-state index >= 15 is 0 Å². The average Bonchev–Trinajstić information content (AvgIpc) is 3.07. The fourth-order valence-electron chi connectivity index (χ4n) is 4.06. The number of nitrogens with two attached hydrogens (primary N) is 1. The van der Waals surface area contributed by atoms with Crippen LogP contribution in [-0.2, 0) is 4.79 Å². The molecule has 1 aliphatic carbocycles. The number of carbonyl (C=O) groups excluding carboxylic acids is 1. The van der Waals surface area contributed by atoms with Crippen LogP contribution in [0.5, 0.6) is 0 Å². The first-order valence-corrected chi connectivity index (χ1v) is 7.73. The van der Waals surface area contributed by atoms with Crippen molar-refractivity contribution in [1.82, 2.24) is 9.55 Å². The molecule has 0 bridgehead atoms. The van der Waals surface area contributed by atoms with Crippen LogP contribution in [-0.4, -0.2) is 26.2 Å². The second kappa shape index (κ2) is 4.68. The summed E-state index contributed by atoms with van der Waals surface area (Å²) in [7, 11) is 0. The maximum atomic E-state index is 11.4. The minimum absolute atomic E-state index is 0.112. The van der Waals surface area contributed by atoms with E-state index in [0.29, 0.717) is 25.7 Å². The summed E-state index contributed by atoms with van der Waals surface area (Å²) in [5.74, 6) is -0.364. The summed E-state index contributed by atoms with van der Waals surface area (Å²) in [5.41, 5.74) is 7.88. The molecule has 1 amide bonds. The van der Waals surface area contributed by atoms with Crippen molar-refractivity contribution < 1.29 is 9.90 Å². The summed E-state index contributed by atoms with van der Waals surface area (Å²) in [5, 5.41) is 11.3. The average molecular weight is 297 g/mol. The number of primary amides is 1. The molecule has 3 N–H and O–H groups in total. The number of imidazole rings is 1. The molecular formula is C17H19N3O2. The van der Waals surface area contributed by atoms with Gasteiger partial charge in [-0.05, 0) is 31.2 Å². The van der Waals surface area contributed by atoms with Crippen molar-refractivity contribution in [1.29, 1.82) is 0 Å². The van der Waals surface area contributed by atoms with E-state index < -0.39 is 5.60 Å². The van der Waals surface area contributed by atoms with Gasteiger partial charge in [0.1, 0.15) is 0 Å². The van der Waals surface area contributed by atoms with E-state index in [-0.39, 0.29) is 17.9 Å². The van der Waals surface area contributed by atoms with Gasteiger partial charge in [-0.1, -0.05) is 24.3 Å². The topological polar surface area (TPSA) is 81.1 Å². The standard InChI is InChI=1S/C17H19N3O2/c18-16(21)11-5-7-17(22,8-6-11)15-13-4-2-1-3-12(13)14-9-19-10-20(14)15/h1-4,9-11,15,22H,5-8H2,(H2,18,21). The molecule has 0 radical (unpaired) electrons. The monoisotopic (exact) mass is 297 g/mol. The van der Waals surface area contributed by atoms with Crippen LogP contribution in [0.4, 0.5) is 0 Å². The van der Waals surface area contributed by atoms with Gasteiger partial charge in [0.2, 0.25) is 5.91 Å². The number of benzene rings is 1. The van der Waals surface area contributed by atoms with Gasteiger partial charge in [0.25, 0.3) is 0 Å². The Labute approximate surface area is 128 Å². The van der Waals surface area contributed by atoms with Crippen molar-refractivity contribution in [3.63, 3.8) is 0 Å². The fraction of sp³-hybridized carbons (Fsp3) is 0.412. The van der Waals surface area contributed by atoms with Crippen LogP contribution in [0.15, 0.2) is 36.8 Å². The fourth-order valence-corrected chi connectivity index (χ4v) is 4.06. The highest BCUT2D eigenvalue weighted by Crippen LogP contribution is 2.49. The second-order valence-electron chi connectivity index (χ2n) is 6.46. The van der Waals surface area contributed by atoms with Crippen LogP contribution >= 0.6 is 0 Å². The molecule has 4 rings (SSSR count). The summed E-state index contributed by atoms with van der Waals surface area (Å²) in [6, 6.07) is 8.03. The Bertz CT molecular complexity index is 729. The minimum atomic E-state index is -0.853. The molecular weight excluding hydrogens is 278 g/mol. The van der Waals surface area contributed by atoms with Gasteiger partial charge >= 0.3 is 0 Å². The molecule has 1 atom stereocenters. The van der Waals surface area contributed by atoms with Gasteiger partial charge in [0, 0.05) is 11.5 Å². The van der Waals surface area contributed by atoms with Gasteiger partial charge in [-0.3, -0.25) is 4.79 Å². The maximum absolute atomic E-state index is 11.4. The Morgan fingerprint density at radius 1 is 1.32 bits per heavy atom. The minimum Gasteiger partial charge on any atom is -0.387 e. The van der Waals surface area contributed by atoms with Gasteiger partial charge in [-0.15, -0.1) is 0 Å². The highest BCUT2D eigenvalue weighted by molar-refractivity contribution is 5.76. The number of hydrogen-bond acceptors (Lipinski definition) is 3. The Balaban J connectivity index is 1.73. The van der Waals surface area contributed by atoms with E-state index in [2.05, 4.69) is 21.7 Å². The highest BCUT2D eigenvalue weighted by Gasteiger charge is 2.46. The molecule has 2 heterocycles. The lowest BCUT2D eigenvalue weighted by Crippen LogP contribution is -2.44. The first-order chi connectivity index (χ1) is 10.6. The van der Waals surface area contributed by atoms with Crippen LogP contribution in [0.3, 0.4) is 0 Å². The number of rotatable bonds is 2. The molecule has 2 aromatic rings. The molecule has 5 nitrogen and oxygen atoms in total. The van der Waals surface area contributed by atoms with Crippen LogP contribution < -0.4 is 5.73 Å². The van der Waals surface area contributed by atoms with E-state index in [9.17, 15) is 9.90 Å². The predicted octanol–water partition coefficient (Wildman–Crippen LogP) is 1.86. The number of aliphatic hydroxyl groups is 1. The molecule has 0 spiro atoms. The molecule has 22 heavy (non-hydrogen) atoms. The van der Waals surface area contributed by atoms with Crippen molar-refractivity contribution in [3.8, 4) is 11.3 Å². The molecule has 1 aromatic carbocycles. The third-order valence-electron chi connectivity index (χ3n) is 5.24. The first-order valence-electron chi connectivity index (χ1n) is 7.73. The predicted molar refractivity (Wildman–Crippen MR) is 81.9 cm³/mol. The van der Waals surface area contributed by atoms with Gasteiger partial charge in [0.05, 0.1) is 29.9 Å². The number of fused-ring (bicyclic) bond motifs is 3. The number of nitrogens with zero attached hydrogens (tertiary/aromatic N) is 2. The van der Waals surface area contributed by atoms with E-state index in [1.807, 2.05) is 18.3 Å². The second-order valence-corrected chi connectivity index (χ2v) is 6.46. The SMILES string of the molecule is NC(=O)C1CCC(O)(C2c3ccccc3-c3cncn32)CC1. The van der Waals surface area contributed by atoms with Gasteiger partial charge in [0.15, 0.2) is 0 Å². The Hall–Kier alpha value is -2.14. The molecule has 0 saturated heterocycles. The smallest absolute Gasteiger partial charge is 0.220 e. The number of aromatic nitrogens is 2. The summed E-state index contributed by atoms with van der Waals surface area (Å²) in [4.78, 5) is 15.6. The first kappa shape index (κ1) is 13.5. The molecule has 114 valence electrons. The number of carbonyl (C=O) groups is 1. The van der Waals surface area contributed by atoms with E-state index in [0.717, 1.165) is 16.8 Å². The van der Waals surface area contributed by atoms with E-state index in [1.54, 1.807) is 6.33 Å². The van der Waals surface area contributed by atoms with Crippen LogP contribution in [0, 0.1) is 5.92 Å². The summed E-state index contributed by atoms with van der Waals surface area (Å²) in [6.45, 7) is 0. The molecule has 5 heteroatoms. The Morgan fingerprint density at radius 3 is 2.77 bits per heavy atom. The maximum Gasteiger partial charge on any atom is 0.220 e. The summed E-state index contributed by atoms with van der Waals surface area (Å²) in [6.07, 6.45) is 6.09. The third kappa shape index (κ3) is 1.82. The highest BCUT2D eigenvalue weighted by atomic mass is 16.3. The zero-order valence-electron chi connectivity index (χ0n) is 12.3. The van der Waals surface area contributed by atoms with Crippen LogP contribution in [0.2, 0.25) is 0 Å². The molecule has 1 fully saturated rings. The van der Waals surface area contributed by atoms with Crippen LogP contribution in [0.1, 0.15) is 37.3 Å². The largest absolute Gasteiger partial charge is 0.387 e. The van der Waals surface area contributed by atoms with Crippen molar-refractivity contribution >= 4 is 5.91 Å². The van der Waals surface area contributed by atoms with Crippen molar-refractivity contribution in [2.24, 2.45) is 11.7 Å².